The first-order valence-electron chi connectivity index (χ1n) is 5.54. The molecule has 0 spiro atoms. The molecule has 0 bridgehead atoms. The Kier molecular flexibility index (Phi) is 2.91. The predicted molar refractivity (Wildman–Crippen MR) is 58.2 cm³/mol. The van der Waals surface area contributed by atoms with Crippen LogP contribution < -0.4 is 11.1 Å². The normalized spacial score (nSPS) is 32.7. The lowest BCUT2D eigenvalue weighted by atomic mass is 9.87. The third kappa shape index (κ3) is 1.85. The average molecular weight is 196 g/mol. The Labute approximate surface area is 85.6 Å². The summed E-state index contributed by atoms with van der Waals surface area (Å²) in [6.07, 6.45) is 1.24. The molecule has 0 aromatic heterocycles. The minimum Gasteiger partial charge on any atom is -0.354 e. The zero-order valence-corrected chi connectivity index (χ0v) is 8.87. The van der Waals surface area contributed by atoms with Crippen molar-refractivity contribution < 1.29 is 0 Å². The van der Waals surface area contributed by atoms with E-state index in [1.807, 2.05) is 0 Å². The van der Waals surface area contributed by atoms with E-state index < -0.39 is 0 Å². The number of nitrogens with one attached hydrogen (secondary N) is 1. The molecule has 2 aliphatic heterocycles. The maximum Gasteiger partial charge on any atom is 0.194 e. The number of aliphatic imine (C=N–C) groups is 1. The van der Waals surface area contributed by atoms with Crippen LogP contribution in [0, 0.1) is 11.8 Å². The Bertz CT molecular complexity index is 226. The highest BCUT2D eigenvalue weighted by atomic mass is 15.3. The molecule has 0 radical (unpaired) electrons. The summed E-state index contributed by atoms with van der Waals surface area (Å²) >= 11 is 0. The predicted octanol–water partition coefficient (Wildman–Crippen LogP) is -0.138. The van der Waals surface area contributed by atoms with Gasteiger partial charge in [0, 0.05) is 19.6 Å². The van der Waals surface area contributed by atoms with Crippen molar-refractivity contribution >= 4 is 5.96 Å². The van der Waals surface area contributed by atoms with Crippen LogP contribution in [0.15, 0.2) is 4.99 Å². The lowest BCUT2D eigenvalue weighted by Crippen LogP contribution is -2.48. The van der Waals surface area contributed by atoms with Crippen LogP contribution in [0.25, 0.3) is 0 Å². The van der Waals surface area contributed by atoms with Crippen molar-refractivity contribution in [3.8, 4) is 0 Å². The van der Waals surface area contributed by atoms with Gasteiger partial charge in [0.25, 0.3) is 0 Å². The molecule has 1 saturated heterocycles. The van der Waals surface area contributed by atoms with Gasteiger partial charge in [0.1, 0.15) is 0 Å². The van der Waals surface area contributed by atoms with Crippen LogP contribution in [0.2, 0.25) is 0 Å². The number of nitrogens with two attached hydrogens (primary N) is 1. The van der Waals surface area contributed by atoms with Gasteiger partial charge in [-0.1, -0.05) is 6.92 Å². The molecule has 4 nitrogen and oxygen atoms in total. The van der Waals surface area contributed by atoms with Crippen molar-refractivity contribution in [3.63, 3.8) is 0 Å². The molecule has 0 saturated carbocycles. The molecule has 0 aromatic rings. The smallest absolute Gasteiger partial charge is 0.194 e. The highest BCUT2D eigenvalue weighted by molar-refractivity contribution is 5.81. The summed E-state index contributed by atoms with van der Waals surface area (Å²) in [5.41, 5.74) is 5.77. The van der Waals surface area contributed by atoms with Crippen LogP contribution in [0.1, 0.15) is 13.3 Å². The quantitative estimate of drug-likeness (QED) is 0.614. The molecular formula is C10H20N4. The van der Waals surface area contributed by atoms with E-state index in [-0.39, 0.29) is 0 Å². The van der Waals surface area contributed by atoms with Gasteiger partial charge in [0.2, 0.25) is 0 Å². The minimum atomic E-state index is 0.633. The Balaban J connectivity index is 1.95. The monoisotopic (exact) mass is 196 g/mol. The van der Waals surface area contributed by atoms with Gasteiger partial charge >= 0.3 is 0 Å². The van der Waals surface area contributed by atoms with Crippen LogP contribution in [0.3, 0.4) is 0 Å². The van der Waals surface area contributed by atoms with Crippen molar-refractivity contribution in [1.29, 1.82) is 0 Å². The number of guanidine groups is 1. The molecule has 80 valence electrons. The van der Waals surface area contributed by atoms with Gasteiger partial charge < -0.3 is 16.0 Å². The van der Waals surface area contributed by atoms with E-state index in [1.54, 1.807) is 0 Å². The number of nitrogens with zero attached hydrogens (tertiary/aromatic N) is 2. The summed E-state index contributed by atoms with van der Waals surface area (Å²) in [7, 11) is 0. The molecule has 0 aliphatic carbocycles. The maximum atomic E-state index is 5.77. The van der Waals surface area contributed by atoms with Gasteiger partial charge in [-0.2, -0.15) is 0 Å². The molecule has 2 unspecified atom stereocenters. The summed E-state index contributed by atoms with van der Waals surface area (Å²) < 4.78 is 0. The van der Waals surface area contributed by atoms with E-state index in [1.165, 1.54) is 6.42 Å². The van der Waals surface area contributed by atoms with Crippen LogP contribution in [0.4, 0.5) is 0 Å². The molecule has 4 heteroatoms. The number of hydrogen-bond donors (Lipinski definition) is 2. The zero-order valence-electron chi connectivity index (χ0n) is 8.87. The Morgan fingerprint density at radius 1 is 1.64 bits per heavy atom. The van der Waals surface area contributed by atoms with Crippen molar-refractivity contribution in [3.05, 3.63) is 0 Å². The third-order valence-corrected chi connectivity index (χ3v) is 3.37. The molecule has 0 amide bonds. The van der Waals surface area contributed by atoms with Crippen molar-refractivity contribution in [2.75, 3.05) is 32.7 Å². The van der Waals surface area contributed by atoms with Crippen molar-refractivity contribution in [2.45, 2.75) is 13.3 Å². The van der Waals surface area contributed by atoms with Gasteiger partial charge in [-0.05, 0) is 24.8 Å². The average Bonchev–Trinajstić information content (AvgIpc) is 2.71. The van der Waals surface area contributed by atoms with E-state index in [0.717, 1.165) is 44.6 Å². The highest BCUT2D eigenvalue weighted by Gasteiger charge is 2.27. The van der Waals surface area contributed by atoms with E-state index in [0.29, 0.717) is 5.92 Å². The van der Waals surface area contributed by atoms with Crippen LogP contribution >= 0.6 is 0 Å². The van der Waals surface area contributed by atoms with Gasteiger partial charge in [-0.15, -0.1) is 0 Å². The lowest BCUT2D eigenvalue weighted by Gasteiger charge is -2.37. The summed E-state index contributed by atoms with van der Waals surface area (Å²) in [4.78, 5) is 6.80. The summed E-state index contributed by atoms with van der Waals surface area (Å²) in [5.74, 6) is 2.49. The lowest BCUT2D eigenvalue weighted by molar-refractivity contribution is 0.192. The van der Waals surface area contributed by atoms with E-state index in [9.17, 15) is 0 Å². The molecule has 2 atom stereocenters. The largest absolute Gasteiger partial charge is 0.354 e. The summed E-state index contributed by atoms with van der Waals surface area (Å²) in [5, 5.41) is 3.32. The number of likely N-dealkylation sites (tertiary alicyclic amines) is 1. The van der Waals surface area contributed by atoms with Gasteiger partial charge in [-0.25, -0.2) is 0 Å². The van der Waals surface area contributed by atoms with Gasteiger partial charge in [-0.3, -0.25) is 4.99 Å². The van der Waals surface area contributed by atoms with Gasteiger partial charge in [0.05, 0.1) is 6.54 Å². The number of piperidine rings is 1. The topological polar surface area (TPSA) is 53.6 Å². The fraction of sp³-hybridized carbons (Fsp3) is 0.900. The fourth-order valence-corrected chi connectivity index (χ4v) is 2.25. The third-order valence-electron chi connectivity index (χ3n) is 3.37. The Morgan fingerprint density at radius 2 is 2.50 bits per heavy atom. The van der Waals surface area contributed by atoms with Crippen molar-refractivity contribution in [1.82, 2.24) is 10.2 Å². The second-order valence-electron chi connectivity index (χ2n) is 4.34. The molecule has 2 rings (SSSR count). The van der Waals surface area contributed by atoms with E-state index in [2.05, 4.69) is 22.1 Å². The zero-order chi connectivity index (χ0) is 9.97. The Morgan fingerprint density at radius 3 is 3.14 bits per heavy atom. The number of rotatable bonds is 1. The summed E-state index contributed by atoms with van der Waals surface area (Å²) in [6.45, 7) is 7.22. The van der Waals surface area contributed by atoms with Crippen LogP contribution in [-0.4, -0.2) is 43.6 Å². The van der Waals surface area contributed by atoms with E-state index >= 15 is 0 Å². The highest BCUT2D eigenvalue weighted by Crippen LogP contribution is 2.22. The molecule has 0 aromatic carbocycles. The fourth-order valence-electron chi connectivity index (χ4n) is 2.25. The standard InChI is InChI=1S/C10H20N4/c1-8-2-5-14(7-9(8)6-11)10-12-3-4-13-10/h8-9H,2-7,11H2,1H3,(H,12,13). The van der Waals surface area contributed by atoms with E-state index in [4.69, 9.17) is 5.73 Å². The molecule has 1 fully saturated rings. The van der Waals surface area contributed by atoms with Crippen molar-refractivity contribution in [2.24, 2.45) is 22.6 Å². The molecule has 14 heavy (non-hydrogen) atoms. The minimum absolute atomic E-state index is 0.633. The van der Waals surface area contributed by atoms with Gasteiger partial charge in [0.15, 0.2) is 5.96 Å². The van der Waals surface area contributed by atoms with Crippen LogP contribution in [-0.2, 0) is 0 Å². The van der Waals surface area contributed by atoms with Crippen LogP contribution in [0.5, 0.6) is 0 Å². The molecular weight excluding hydrogens is 176 g/mol. The first kappa shape index (κ1) is 9.77. The second kappa shape index (κ2) is 4.17. The molecule has 3 N–H and O–H groups in total. The maximum absolute atomic E-state index is 5.77. The molecule has 2 heterocycles. The SMILES string of the molecule is CC1CCN(C2=NCCN2)CC1CN. The first-order chi connectivity index (χ1) is 6.81. The number of hydrogen-bond acceptors (Lipinski definition) is 4. The second-order valence-corrected chi connectivity index (χ2v) is 4.34. The summed E-state index contributed by atoms with van der Waals surface area (Å²) in [6, 6.07) is 0. The first-order valence-corrected chi connectivity index (χ1v) is 5.54. The molecule has 2 aliphatic rings. The Hall–Kier alpha value is -0.770.